The number of nitrogens with zero attached hydrogens (tertiary/aromatic N) is 3. The highest BCUT2D eigenvalue weighted by Gasteiger charge is 2.17. The summed E-state index contributed by atoms with van der Waals surface area (Å²) in [7, 11) is 1.87. The van der Waals surface area contributed by atoms with E-state index in [0.717, 1.165) is 23.1 Å². The van der Waals surface area contributed by atoms with Gasteiger partial charge in [-0.05, 0) is 56.2 Å². The predicted octanol–water partition coefficient (Wildman–Crippen LogP) is 4.53. The molecule has 5 nitrogen and oxygen atoms in total. The van der Waals surface area contributed by atoms with Crippen LogP contribution in [0, 0.1) is 13.8 Å². The van der Waals surface area contributed by atoms with Crippen LogP contribution in [0.3, 0.4) is 0 Å². The maximum Gasteiger partial charge on any atom is 0.251 e. The van der Waals surface area contributed by atoms with Gasteiger partial charge < -0.3 is 9.88 Å². The maximum atomic E-state index is 12.8. The first-order chi connectivity index (χ1) is 13.9. The van der Waals surface area contributed by atoms with Crippen LogP contribution in [0.4, 0.5) is 0 Å². The lowest BCUT2D eigenvalue weighted by Gasteiger charge is -2.12. The third-order valence-corrected chi connectivity index (χ3v) is 5.61. The van der Waals surface area contributed by atoms with Gasteiger partial charge in [0.2, 0.25) is 0 Å². The van der Waals surface area contributed by atoms with Crippen molar-refractivity contribution in [3.63, 3.8) is 0 Å². The molecule has 0 bridgehead atoms. The number of amides is 1. The van der Waals surface area contributed by atoms with Crippen molar-refractivity contribution < 1.29 is 4.79 Å². The molecule has 1 atom stereocenters. The van der Waals surface area contributed by atoms with E-state index in [1.807, 2.05) is 44.4 Å². The summed E-state index contributed by atoms with van der Waals surface area (Å²) in [5.74, 6) is -0.0853. The number of benzene rings is 2. The lowest BCUT2D eigenvalue weighted by Crippen LogP contribution is -2.27. The van der Waals surface area contributed by atoms with Gasteiger partial charge in [-0.1, -0.05) is 30.3 Å². The monoisotopic (exact) mass is 386 g/mol. The van der Waals surface area contributed by atoms with Crippen LogP contribution in [0.2, 0.25) is 0 Å². The van der Waals surface area contributed by atoms with Gasteiger partial charge in [0.1, 0.15) is 0 Å². The van der Waals surface area contributed by atoms with E-state index < -0.39 is 0 Å². The number of carbonyl (C=O) groups excluding carboxylic acids is 1. The number of fused-ring (bicyclic) bond motifs is 1. The summed E-state index contributed by atoms with van der Waals surface area (Å²) in [5, 5.41) is 8.55. The minimum atomic E-state index is -0.148. The van der Waals surface area contributed by atoms with Crippen LogP contribution >= 0.6 is 0 Å². The Hall–Kier alpha value is -3.34. The van der Waals surface area contributed by atoms with Gasteiger partial charge >= 0.3 is 0 Å². The number of hydrogen-bond acceptors (Lipinski definition) is 2. The summed E-state index contributed by atoms with van der Waals surface area (Å²) in [6.45, 7) is 7.03. The van der Waals surface area contributed by atoms with Gasteiger partial charge in [0.15, 0.2) is 0 Å². The molecule has 29 heavy (non-hydrogen) atoms. The first kappa shape index (κ1) is 19.0. The molecule has 4 rings (SSSR count). The molecule has 1 N–H and O–H groups in total. The van der Waals surface area contributed by atoms with Gasteiger partial charge in [-0.15, -0.1) is 0 Å². The Bertz CT molecular complexity index is 1170. The SMILES string of the molecule is Cc1c(C)n(Cc2ccccc2)c2ccc(C(=O)N[C@H](C)c3ccn(C)n3)cc12. The quantitative estimate of drug-likeness (QED) is 0.548. The molecule has 0 saturated heterocycles. The molecule has 0 aliphatic heterocycles. The smallest absolute Gasteiger partial charge is 0.251 e. The van der Waals surface area contributed by atoms with Gasteiger partial charge in [-0.2, -0.15) is 5.10 Å². The number of hydrogen-bond donors (Lipinski definition) is 1. The molecular formula is C24H26N4O. The standard InChI is InChI=1S/C24H26N4O/c1-16-18(3)28(15-19-8-6-5-7-9-19)23-11-10-20(14-21(16)23)24(29)25-17(2)22-12-13-27(4)26-22/h5-14,17H,15H2,1-4H3,(H,25,29)/t17-/m1/s1. The van der Waals surface area contributed by atoms with Crippen molar-refractivity contribution in [1.29, 1.82) is 0 Å². The second-order valence-electron chi connectivity index (χ2n) is 7.62. The van der Waals surface area contributed by atoms with Crippen molar-refractivity contribution in [2.24, 2.45) is 7.05 Å². The molecule has 0 radical (unpaired) electrons. The van der Waals surface area contributed by atoms with Crippen molar-refractivity contribution in [1.82, 2.24) is 19.7 Å². The van der Waals surface area contributed by atoms with Crippen molar-refractivity contribution in [3.05, 3.63) is 88.9 Å². The number of carbonyl (C=O) groups is 1. The molecule has 2 aromatic heterocycles. The van der Waals surface area contributed by atoms with E-state index in [-0.39, 0.29) is 11.9 Å². The average Bonchev–Trinajstić information content (AvgIpc) is 3.26. The molecule has 4 aromatic rings. The Kier molecular flexibility index (Phi) is 4.97. The van der Waals surface area contributed by atoms with Crippen LogP contribution in [0.5, 0.6) is 0 Å². The third-order valence-electron chi connectivity index (χ3n) is 5.61. The molecule has 2 aromatic carbocycles. The fourth-order valence-corrected chi connectivity index (χ4v) is 3.78. The Morgan fingerprint density at radius 3 is 2.55 bits per heavy atom. The van der Waals surface area contributed by atoms with Crippen molar-refractivity contribution >= 4 is 16.8 Å². The number of aryl methyl sites for hydroxylation is 2. The van der Waals surface area contributed by atoms with Crippen LogP contribution in [-0.2, 0) is 13.6 Å². The third kappa shape index (κ3) is 3.68. The van der Waals surface area contributed by atoms with E-state index in [0.29, 0.717) is 5.56 Å². The molecule has 148 valence electrons. The Morgan fingerprint density at radius 2 is 1.86 bits per heavy atom. The summed E-state index contributed by atoms with van der Waals surface area (Å²) >= 11 is 0. The highest BCUT2D eigenvalue weighted by atomic mass is 16.1. The minimum absolute atomic E-state index is 0.0853. The van der Waals surface area contributed by atoms with Crippen LogP contribution in [0.1, 0.15) is 45.8 Å². The summed E-state index contributed by atoms with van der Waals surface area (Å²) < 4.78 is 4.06. The summed E-state index contributed by atoms with van der Waals surface area (Å²) in [6, 6.07) is 18.2. The zero-order valence-corrected chi connectivity index (χ0v) is 17.3. The molecule has 2 heterocycles. The first-order valence-electron chi connectivity index (χ1n) is 9.88. The molecule has 0 saturated carbocycles. The molecule has 0 unspecified atom stereocenters. The lowest BCUT2D eigenvalue weighted by molar-refractivity contribution is 0.0939. The van der Waals surface area contributed by atoms with Crippen LogP contribution in [-0.4, -0.2) is 20.3 Å². The summed E-state index contributed by atoms with van der Waals surface area (Å²) in [5.41, 5.74) is 6.37. The zero-order chi connectivity index (χ0) is 20.5. The highest BCUT2D eigenvalue weighted by molar-refractivity contribution is 5.99. The van der Waals surface area contributed by atoms with E-state index >= 15 is 0 Å². The highest BCUT2D eigenvalue weighted by Crippen LogP contribution is 2.27. The van der Waals surface area contributed by atoms with Crippen LogP contribution in [0.25, 0.3) is 10.9 Å². The average molecular weight is 386 g/mol. The molecule has 0 spiro atoms. The minimum Gasteiger partial charge on any atom is -0.344 e. The first-order valence-corrected chi connectivity index (χ1v) is 9.88. The van der Waals surface area contributed by atoms with E-state index in [2.05, 4.69) is 59.2 Å². The number of rotatable bonds is 5. The van der Waals surface area contributed by atoms with E-state index in [1.165, 1.54) is 16.8 Å². The zero-order valence-electron chi connectivity index (χ0n) is 17.3. The molecule has 5 heteroatoms. The molecular weight excluding hydrogens is 360 g/mol. The van der Waals surface area contributed by atoms with Gasteiger partial charge in [0.05, 0.1) is 11.7 Å². The normalized spacial score (nSPS) is 12.3. The Labute approximate surface area is 171 Å². The topological polar surface area (TPSA) is 51.9 Å². The van der Waals surface area contributed by atoms with Gasteiger partial charge in [-0.25, -0.2) is 0 Å². The molecule has 1 amide bonds. The maximum absolute atomic E-state index is 12.8. The summed E-state index contributed by atoms with van der Waals surface area (Å²) in [4.78, 5) is 12.8. The lowest BCUT2D eigenvalue weighted by atomic mass is 10.1. The second-order valence-corrected chi connectivity index (χ2v) is 7.62. The van der Waals surface area contributed by atoms with E-state index in [1.54, 1.807) is 4.68 Å². The predicted molar refractivity (Wildman–Crippen MR) is 116 cm³/mol. The molecule has 0 aliphatic carbocycles. The van der Waals surface area contributed by atoms with Crippen LogP contribution in [0.15, 0.2) is 60.8 Å². The molecule has 0 aliphatic rings. The Balaban J connectivity index is 1.62. The fraction of sp³-hybridized carbons (Fsp3) is 0.250. The van der Waals surface area contributed by atoms with Crippen molar-refractivity contribution in [2.45, 2.75) is 33.4 Å². The van der Waals surface area contributed by atoms with Crippen molar-refractivity contribution in [2.75, 3.05) is 0 Å². The fourth-order valence-electron chi connectivity index (χ4n) is 3.78. The largest absolute Gasteiger partial charge is 0.344 e. The van der Waals surface area contributed by atoms with E-state index in [9.17, 15) is 4.79 Å². The van der Waals surface area contributed by atoms with Crippen LogP contribution < -0.4 is 5.32 Å². The van der Waals surface area contributed by atoms with Gasteiger partial charge in [0.25, 0.3) is 5.91 Å². The van der Waals surface area contributed by atoms with Crippen molar-refractivity contribution in [3.8, 4) is 0 Å². The summed E-state index contributed by atoms with van der Waals surface area (Å²) in [6.07, 6.45) is 1.88. The molecule has 0 fully saturated rings. The number of nitrogens with one attached hydrogen (secondary N) is 1. The van der Waals surface area contributed by atoms with Gasteiger partial charge in [0, 0.05) is 41.9 Å². The second kappa shape index (κ2) is 7.59. The number of aromatic nitrogens is 3. The van der Waals surface area contributed by atoms with Gasteiger partial charge in [-0.3, -0.25) is 9.48 Å². The Morgan fingerprint density at radius 1 is 1.10 bits per heavy atom. The van der Waals surface area contributed by atoms with E-state index in [4.69, 9.17) is 0 Å².